The van der Waals surface area contributed by atoms with Crippen LogP contribution in [0.1, 0.15) is 29.8 Å². The number of aliphatic hydroxyl groups excluding tert-OH is 1. The van der Waals surface area contributed by atoms with Crippen molar-refractivity contribution in [1.82, 2.24) is 9.21 Å². The van der Waals surface area contributed by atoms with Gasteiger partial charge in [-0.2, -0.15) is 4.31 Å². The quantitative estimate of drug-likeness (QED) is 0.363. The lowest BCUT2D eigenvalue weighted by atomic mass is 9.99. The molecule has 10 nitrogen and oxygen atoms in total. The molecule has 3 aromatic rings. The van der Waals surface area contributed by atoms with E-state index in [1.165, 1.54) is 70.9 Å². The minimum atomic E-state index is -4.11. The number of aryl methyl sites for hydroxylation is 1. The Morgan fingerprint density at radius 2 is 1.67 bits per heavy atom. The summed E-state index contributed by atoms with van der Waals surface area (Å²) < 4.78 is 63.4. The van der Waals surface area contributed by atoms with Crippen LogP contribution < -0.4 is 9.46 Å². The zero-order valence-electron chi connectivity index (χ0n) is 23.7. The number of nitrogens with zero attached hydrogens (tertiary/aromatic N) is 2. The molecule has 1 heterocycles. The number of ether oxygens (including phenoxy) is 1. The summed E-state index contributed by atoms with van der Waals surface area (Å²) in [7, 11) is -6.56. The van der Waals surface area contributed by atoms with E-state index < -0.39 is 44.0 Å². The third-order valence-electron chi connectivity index (χ3n) is 7.23. The molecule has 3 aromatic carbocycles. The maximum Gasteiger partial charge on any atom is 0.262 e. The van der Waals surface area contributed by atoms with Crippen LogP contribution in [0, 0.1) is 12.8 Å². The van der Waals surface area contributed by atoms with Crippen molar-refractivity contribution >= 4 is 43.2 Å². The Morgan fingerprint density at radius 3 is 2.29 bits per heavy atom. The van der Waals surface area contributed by atoms with E-state index in [2.05, 4.69) is 4.72 Å². The van der Waals surface area contributed by atoms with Crippen molar-refractivity contribution in [1.29, 1.82) is 0 Å². The molecular formula is C29H34ClN3O7S2. The van der Waals surface area contributed by atoms with E-state index in [9.17, 15) is 26.7 Å². The van der Waals surface area contributed by atoms with Crippen LogP contribution in [0.2, 0.25) is 5.02 Å². The summed E-state index contributed by atoms with van der Waals surface area (Å²) >= 11 is 5.92. The molecule has 4 rings (SSSR count). The first-order chi connectivity index (χ1) is 19.7. The van der Waals surface area contributed by atoms with E-state index in [0.717, 1.165) is 5.56 Å². The molecule has 0 fully saturated rings. The number of aliphatic hydroxyl groups is 1. The number of nitrogens with one attached hydrogen (secondary N) is 1. The molecule has 13 heteroatoms. The molecular weight excluding hydrogens is 602 g/mol. The van der Waals surface area contributed by atoms with Crippen LogP contribution in [0.25, 0.3) is 0 Å². The predicted molar refractivity (Wildman–Crippen MR) is 161 cm³/mol. The number of anilines is 1. The van der Waals surface area contributed by atoms with Gasteiger partial charge in [0.2, 0.25) is 10.0 Å². The summed E-state index contributed by atoms with van der Waals surface area (Å²) in [5.41, 5.74) is 1.00. The number of likely N-dealkylation sites (N-methyl/N-ethyl adjacent to an activating group) is 1. The molecule has 1 aliphatic heterocycles. The van der Waals surface area contributed by atoms with Crippen LogP contribution in [0.4, 0.5) is 5.69 Å². The van der Waals surface area contributed by atoms with E-state index in [0.29, 0.717) is 5.02 Å². The average Bonchev–Trinajstić information content (AvgIpc) is 2.95. The third kappa shape index (κ3) is 6.73. The van der Waals surface area contributed by atoms with Crippen LogP contribution in [0.5, 0.6) is 5.75 Å². The van der Waals surface area contributed by atoms with Crippen LogP contribution in [-0.4, -0.2) is 75.9 Å². The SMILES string of the molecule is Cc1ccc(S(=O)(=O)N(C)C[C@H]2Oc3c(NS(=O)(=O)c4ccc(Cl)cc4)cccc3C(=O)N([C@H](C)CO)C[C@@H]2C)cc1. The van der Waals surface area contributed by atoms with Gasteiger partial charge in [0.25, 0.3) is 15.9 Å². The molecule has 0 unspecified atom stereocenters. The van der Waals surface area contributed by atoms with Crippen molar-refractivity contribution in [2.24, 2.45) is 5.92 Å². The second kappa shape index (κ2) is 12.6. The highest BCUT2D eigenvalue weighted by molar-refractivity contribution is 7.92. The number of benzene rings is 3. The van der Waals surface area contributed by atoms with E-state index >= 15 is 0 Å². The lowest BCUT2D eigenvalue weighted by Gasteiger charge is -2.38. The van der Waals surface area contributed by atoms with Gasteiger partial charge in [0.15, 0.2) is 5.75 Å². The van der Waals surface area contributed by atoms with Crippen molar-refractivity contribution in [3.05, 3.63) is 82.9 Å². The highest BCUT2D eigenvalue weighted by Crippen LogP contribution is 2.36. The standard InChI is InChI=1S/C29H34ClN3O7S2/c1-19-8-12-24(13-9-19)42(38,39)32(4)17-27-20(2)16-33(21(3)18-34)29(35)25-6-5-7-26(28(25)40-27)31-41(36,37)23-14-10-22(30)11-15-23/h5-15,20-21,27,31,34H,16-18H2,1-4H3/t20-,21+,27+/m0/s1. The second-order valence-corrected chi connectivity index (χ2v) is 14.6. The molecule has 0 bridgehead atoms. The molecule has 42 heavy (non-hydrogen) atoms. The van der Waals surface area contributed by atoms with Crippen molar-refractivity contribution in [3.8, 4) is 5.75 Å². The minimum Gasteiger partial charge on any atom is -0.486 e. The summed E-state index contributed by atoms with van der Waals surface area (Å²) in [6, 6.07) is 16.0. The fraction of sp³-hybridized carbons (Fsp3) is 0.345. The summed E-state index contributed by atoms with van der Waals surface area (Å²) in [5.74, 6) is -0.898. The van der Waals surface area contributed by atoms with Crippen LogP contribution in [0.3, 0.4) is 0 Å². The number of para-hydroxylation sites is 1. The minimum absolute atomic E-state index is 0.00977. The maximum atomic E-state index is 13.7. The van der Waals surface area contributed by atoms with Crippen LogP contribution in [0.15, 0.2) is 76.5 Å². The van der Waals surface area contributed by atoms with Crippen molar-refractivity contribution in [3.63, 3.8) is 0 Å². The monoisotopic (exact) mass is 635 g/mol. The normalized spacial score (nSPS) is 18.5. The summed E-state index contributed by atoms with van der Waals surface area (Å²) in [6.07, 6.45) is -0.795. The van der Waals surface area contributed by atoms with Gasteiger partial charge in [0.1, 0.15) is 6.10 Å². The highest BCUT2D eigenvalue weighted by Gasteiger charge is 2.36. The molecule has 0 saturated heterocycles. The first-order valence-electron chi connectivity index (χ1n) is 13.3. The summed E-state index contributed by atoms with van der Waals surface area (Å²) in [5, 5.41) is 10.3. The van der Waals surface area contributed by atoms with E-state index in [-0.39, 0.29) is 46.5 Å². The Labute approximate surface area is 252 Å². The zero-order valence-corrected chi connectivity index (χ0v) is 26.1. The number of fused-ring (bicyclic) bond motifs is 1. The fourth-order valence-electron chi connectivity index (χ4n) is 4.60. The lowest BCUT2D eigenvalue weighted by Crippen LogP contribution is -2.50. The lowest BCUT2D eigenvalue weighted by molar-refractivity contribution is 0.0389. The van der Waals surface area contributed by atoms with Gasteiger partial charge in [-0.3, -0.25) is 9.52 Å². The first-order valence-corrected chi connectivity index (χ1v) is 16.6. The van der Waals surface area contributed by atoms with E-state index in [1.54, 1.807) is 19.1 Å². The molecule has 0 aromatic heterocycles. The number of carbonyl (C=O) groups is 1. The molecule has 3 atom stereocenters. The molecule has 0 radical (unpaired) electrons. The zero-order chi connectivity index (χ0) is 30.8. The Kier molecular flexibility index (Phi) is 9.53. The highest BCUT2D eigenvalue weighted by atomic mass is 35.5. The Bertz CT molecular complexity index is 1650. The Balaban J connectivity index is 1.76. The van der Waals surface area contributed by atoms with Gasteiger partial charge in [-0.05, 0) is 62.4 Å². The van der Waals surface area contributed by atoms with Gasteiger partial charge in [0.05, 0.1) is 40.2 Å². The number of hydrogen-bond donors (Lipinski definition) is 2. The maximum absolute atomic E-state index is 13.7. The molecule has 2 N–H and O–H groups in total. The largest absolute Gasteiger partial charge is 0.486 e. The second-order valence-electron chi connectivity index (χ2n) is 10.5. The number of sulfonamides is 2. The van der Waals surface area contributed by atoms with Crippen molar-refractivity contribution in [2.45, 2.75) is 42.7 Å². The number of amides is 1. The first kappa shape index (κ1) is 31.8. The van der Waals surface area contributed by atoms with E-state index in [1.807, 2.05) is 13.8 Å². The molecule has 1 amide bonds. The third-order valence-corrected chi connectivity index (χ3v) is 10.7. The Hall–Kier alpha value is -3.16. The average molecular weight is 636 g/mol. The molecule has 1 aliphatic rings. The smallest absolute Gasteiger partial charge is 0.262 e. The van der Waals surface area contributed by atoms with Gasteiger partial charge >= 0.3 is 0 Å². The predicted octanol–water partition coefficient (Wildman–Crippen LogP) is 3.99. The molecule has 0 aliphatic carbocycles. The molecule has 226 valence electrons. The summed E-state index contributed by atoms with van der Waals surface area (Å²) in [4.78, 5) is 15.3. The number of rotatable bonds is 9. The van der Waals surface area contributed by atoms with Crippen molar-refractivity contribution < 1.29 is 31.5 Å². The number of halogens is 1. The van der Waals surface area contributed by atoms with Gasteiger partial charge < -0.3 is 14.7 Å². The fourth-order valence-corrected chi connectivity index (χ4v) is 6.97. The van der Waals surface area contributed by atoms with Gasteiger partial charge in [0, 0.05) is 24.5 Å². The van der Waals surface area contributed by atoms with Gasteiger partial charge in [-0.25, -0.2) is 16.8 Å². The topological polar surface area (TPSA) is 133 Å². The van der Waals surface area contributed by atoms with Crippen LogP contribution in [-0.2, 0) is 20.0 Å². The van der Waals surface area contributed by atoms with E-state index in [4.69, 9.17) is 16.3 Å². The Morgan fingerprint density at radius 1 is 1.05 bits per heavy atom. The summed E-state index contributed by atoms with van der Waals surface area (Å²) in [6.45, 7) is 5.15. The molecule has 0 saturated carbocycles. The number of carbonyl (C=O) groups excluding carboxylic acids is 1. The van der Waals surface area contributed by atoms with Gasteiger partial charge in [-0.15, -0.1) is 0 Å². The van der Waals surface area contributed by atoms with Gasteiger partial charge in [-0.1, -0.05) is 42.3 Å². The molecule has 0 spiro atoms. The number of hydrogen-bond acceptors (Lipinski definition) is 7. The van der Waals surface area contributed by atoms with Crippen molar-refractivity contribution in [2.75, 3.05) is 31.5 Å². The van der Waals surface area contributed by atoms with Crippen LogP contribution >= 0.6 is 11.6 Å².